The van der Waals surface area contributed by atoms with Crippen LogP contribution in [0.3, 0.4) is 0 Å². The number of likely N-dealkylation sites (N-methyl/N-ethyl adjacent to an activating group) is 1. The van der Waals surface area contributed by atoms with Gasteiger partial charge in [-0.3, -0.25) is 19.8 Å². The number of benzene rings is 2. The molecule has 2 fully saturated rings. The lowest BCUT2D eigenvalue weighted by Gasteiger charge is -2.28. The average molecular weight is 439 g/mol. The molecule has 0 aromatic heterocycles. The summed E-state index contributed by atoms with van der Waals surface area (Å²) in [5, 5.41) is 21.2. The van der Waals surface area contributed by atoms with Crippen molar-refractivity contribution in [3.63, 3.8) is 0 Å². The summed E-state index contributed by atoms with van der Waals surface area (Å²) < 4.78 is 0. The summed E-state index contributed by atoms with van der Waals surface area (Å²) in [7, 11) is 1.65. The predicted octanol–water partition coefficient (Wildman–Crippen LogP) is 4.52. The fourth-order valence-corrected chi connectivity index (χ4v) is 4.57. The predicted molar refractivity (Wildman–Crippen MR) is 123 cm³/mol. The van der Waals surface area contributed by atoms with Crippen molar-refractivity contribution >= 4 is 46.0 Å². The lowest BCUT2D eigenvalue weighted by molar-refractivity contribution is -0.385. The van der Waals surface area contributed by atoms with Gasteiger partial charge >= 0.3 is 5.69 Å². The zero-order valence-electron chi connectivity index (χ0n) is 17.0. The molecule has 0 atom stereocenters. The number of amides is 1. The third-order valence-corrected chi connectivity index (χ3v) is 6.35. The molecular formula is C22H22N4O4S. The van der Waals surface area contributed by atoms with Gasteiger partial charge in [0.05, 0.1) is 15.5 Å². The van der Waals surface area contributed by atoms with Gasteiger partial charge in [-0.05, 0) is 73.0 Å². The summed E-state index contributed by atoms with van der Waals surface area (Å²) in [6, 6.07) is 12.0. The van der Waals surface area contributed by atoms with Gasteiger partial charge in [-0.1, -0.05) is 6.07 Å². The van der Waals surface area contributed by atoms with Gasteiger partial charge in [0.2, 0.25) is 0 Å². The minimum absolute atomic E-state index is 0.232. The lowest BCUT2D eigenvalue weighted by atomic mass is 10.1. The SMILES string of the molecule is CN1C(=O)/C(=C/c2ccc(O)c([N+](=O)[O-])c2)SC1=Nc1ccc(N2CCCCC2)cc1. The van der Waals surface area contributed by atoms with Crippen LogP contribution in [0.15, 0.2) is 52.4 Å². The Morgan fingerprint density at radius 3 is 2.52 bits per heavy atom. The third kappa shape index (κ3) is 4.56. The third-order valence-electron chi connectivity index (χ3n) is 5.29. The number of phenols is 1. The Labute approximate surface area is 184 Å². The second-order valence-electron chi connectivity index (χ2n) is 7.44. The fraction of sp³-hybridized carbons (Fsp3) is 0.273. The highest BCUT2D eigenvalue weighted by atomic mass is 32.2. The minimum atomic E-state index is -0.659. The summed E-state index contributed by atoms with van der Waals surface area (Å²) in [5.74, 6) is -0.644. The Morgan fingerprint density at radius 2 is 1.84 bits per heavy atom. The first-order chi connectivity index (χ1) is 14.9. The number of carbonyl (C=O) groups is 1. The van der Waals surface area contributed by atoms with E-state index in [1.54, 1.807) is 13.1 Å². The first-order valence-electron chi connectivity index (χ1n) is 10.0. The number of amidine groups is 1. The van der Waals surface area contributed by atoms with E-state index in [9.17, 15) is 20.0 Å². The monoisotopic (exact) mass is 438 g/mol. The Bertz CT molecular complexity index is 1080. The lowest BCUT2D eigenvalue weighted by Crippen LogP contribution is -2.29. The van der Waals surface area contributed by atoms with Crippen molar-refractivity contribution in [3.05, 3.63) is 63.0 Å². The Kier molecular flexibility index (Phi) is 5.94. The summed E-state index contributed by atoms with van der Waals surface area (Å²) in [5.41, 5.74) is 1.99. The van der Waals surface area contributed by atoms with E-state index >= 15 is 0 Å². The zero-order valence-corrected chi connectivity index (χ0v) is 17.8. The van der Waals surface area contributed by atoms with Crippen LogP contribution in [-0.4, -0.2) is 46.1 Å². The maximum Gasteiger partial charge on any atom is 0.311 e. The van der Waals surface area contributed by atoms with Crippen LogP contribution in [0.25, 0.3) is 6.08 Å². The van der Waals surface area contributed by atoms with Crippen LogP contribution in [0.2, 0.25) is 0 Å². The van der Waals surface area contributed by atoms with Crippen molar-refractivity contribution in [1.29, 1.82) is 0 Å². The average Bonchev–Trinajstić information content (AvgIpc) is 3.03. The summed E-state index contributed by atoms with van der Waals surface area (Å²) in [6.45, 7) is 2.15. The molecule has 0 unspecified atom stereocenters. The van der Waals surface area contributed by atoms with Crippen molar-refractivity contribution in [1.82, 2.24) is 4.90 Å². The second-order valence-corrected chi connectivity index (χ2v) is 8.45. The number of phenolic OH excluding ortho intramolecular Hbond substituents is 1. The molecule has 2 aromatic rings. The number of piperidine rings is 1. The maximum absolute atomic E-state index is 12.6. The van der Waals surface area contributed by atoms with Gasteiger partial charge in [0, 0.05) is 31.9 Å². The molecule has 2 saturated heterocycles. The second kappa shape index (κ2) is 8.81. The Balaban J connectivity index is 1.54. The fourth-order valence-electron chi connectivity index (χ4n) is 3.58. The smallest absolute Gasteiger partial charge is 0.311 e. The molecule has 0 radical (unpaired) electrons. The van der Waals surface area contributed by atoms with Crippen LogP contribution >= 0.6 is 11.8 Å². The van der Waals surface area contributed by atoms with E-state index in [1.807, 2.05) is 12.1 Å². The van der Waals surface area contributed by atoms with Crippen molar-refractivity contribution in [2.45, 2.75) is 19.3 Å². The van der Waals surface area contributed by atoms with Gasteiger partial charge in [-0.25, -0.2) is 4.99 Å². The normalized spacial score (nSPS) is 19.5. The standard InChI is InChI=1S/C22H22N4O4S/c1-24-21(28)20(14-15-5-10-19(27)18(13-15)26(29)30)31-22(24)23-16-6-8-17(9-7-16)25-11-3-2-4-12-25/h5-10,13-14,27H,2-4,11-12H2,1H3/b20-14-,23-22?. The highest BCUT2D eigenvalue weighted by Gasteiger charge is 2.30. The molecule has 2 aliphatic heterocycles. The number of nitro groups is 1. The number of rotatable bonds is 4. The van der Waals surface area contributed by atoms with E-state index in [1.165, 1.54) is 59.8 Å². The highest BCUT2D eigenvalue weighted by molar-refractivity contribution is 8.18. The molecule has 1 N–H and O–H groups in total. The van der Waals surface area contributed by atoms with E-state index < -0.39 is 16.4 Å². The van der Waals surface area contributed by atoms with Crippen LogP contribution in [0.4, 0.5) is 17.1 Å². The topological polar surface area (TPSA) is 99.3 Å². The Morgan fingerprint density at radius 1 is 1.13 bits per heavy atom. The summed E-state index contributed by atoms with van der Waals surface area (Å²) >= 11 is 1.21. The van der Waals surface area contributed by atoms with Crippen LogP contribution in [0, 0.1) is 10.1 Å². The summed E-state index contributed by atoms with van der Waals surface area (Å²) in [4.78, 5) is 31.8. The molecule has 0 saturated carbocycles. The van der Waals surface area contributed by atoms with Crippen LogP contribution in [0.1, 0.15) is 24.8 Å². The van der Waals surface area contributed by atoms with E-state index in [4.69, 9.17) is 0 Å². The number of aliphatic imine (C=N–C) groups is 1. The largest absolute Gasteiger partial charge is 0.502 e. The van der Waals surface area contributed by atoms with Gasteiger partial charge in [-0.2, -0.15) is 0 Å². The molecule has 2 aromatic carbocycles. The quantitative estimate of drug-likeness (QED) is 0.428. The maximum atomic E-state index is 12.6. The number of carbonyl (C=O) groups excluding carboxylic acids is 1. The molecule has 160 valence electrons. The van der Waals surface area contributed by atoms with E-state index in [-0.39, 0.29) is 5.91 Å². The number of aromatic hydroxyl groups is 1. The first kappa shape index (κ1) is 20.9. The minimum Gasteiger partial charge on any atom is -0.502 e. The molecule has 2 aliphatic rings. The number of nitro benzene ring substituents is 1. The van der Waals surface area contributed by atoms with Crippen molar-refractivity contribution in [2.75, 3.05) is 25.0 Å². The van der Waals surface area contributed by atoms with Gasteiger partial charge in [0.25, 0.3) is 5.91 Å². The molecule has 9 heteroatoms. The molecule has 4 rings (SSSR count). The van der Waals surface area contributed by atoms with E-state index in [0.717, 1.165) is 18.8 Å². The van der Waals surface area contributed by atoms with Crippen LogP contribution in [0.5, 0.6) is 5.75 Å². The molecular weight excluding hydrogens is 416 g/mol. The van der Waals surface area contributed by atoms with Gasteiger partial charge in [-0.15, -0.1) is 0 Å². The number of anilines is 1. The molecule has 31 heavy (non-hydrogen) atoms. The zero-order chi connectivity index (χ0) is 22.0. The van der Waals surface area contributed by atoms with E-state index in [2.05, 4.69) is 22.0 Å². The van der Waals surface area contributed by atoms with Gasteiger partial charge < -0.3 is 10.0 Å². The first-order valence-corrected chi connectivity index (χ1v) is 10.8. The molecule has 8 nitrogen and oxygen atoms in total. The number of hydrogen-bond acceptors (Lipinski definition) is 7. The van der Waals surface area contributed by atoms with Gasteiger partial charge in [0.1, 0.15) is 0 Å². The molecule has 1 amide bonds. The van der Waals surface area contributed by atoms with Crippen molar-refractivity contribution in [2.24, 2.45) is 4.99 Å². The number of hydrogen-bond donors (Lipinski definition) is 1. The molecule has 2 heterocycles. The van der Waals surface area contributed by atoms with Crippen LogP contribution < -0.4 is 4.90 Å². The van der Waals surface area contributed by atoms with Gasteiger partial charge in [0.15, 0.2) is 10.9 Å². The van der Waals surface area contributed by atoms with Crippen LogP contribution in [-0.2, 0) is 4.79 Å². The highest BCUT2D eigenvalue weighted by Crippen LogP contribution is 2.35. The molecule has 0 bridgehead atoms. The van der Waals surface area contributed by atoms with Crippen molar-refractivity contribution < 1.29 is 14.8 Å². The van der Waals surface area contributed by atoms with Crippen molar-refractivity contribution in [3.8, 4) is 5.75 Å². The summed E-state index contributed by atoms with van der Waals surface area (Å²) in [6.07, 6.45) is 5.28. The van der Waals surface area contributed by atoms with E-state index in [0.29, 0.717) is 15.6 Å². The molecule has 0 spiro atoms. The number of thioether (sulfide) groups is 1. The Hall–Kier alpha value is -3.33. The number of nitrogens with zero attached hydrogens (tertiary/aromatic N) is 4. The molecule has 0 aliphatic carbocycles.